The summed E-state index contributed by atoms with van der Waals surface area (Å²) in [5, 5.41) is 6.95. The standard InChI is InChI=1S/C21H20N4O3.ClH/c22-21(9-4-10-21)20-24-19(28-25-20)14-6-3-7-15(11-14)23-18(26)17-12-13-5-1-2-8-16(13)27-17;/h1-3,5-8,11,17H,4,9-10,12,22H2,(H,23,26);1H. The molecule has 1 saturated carbocycles. The molecule has 150 valence electrons. The van der Waals surface area contributed by atoms with Crippen LogP contribution in [0.25, 0.3) is 11.5 Å². The van der Waals surface area contributed by atoms with Crippen LogP contribution in [-0.4, -0.2) is 22.2 Å². The molecule has 1 aliphatic heterocycles. The first-order valence-corrected chi connectivity index (χ1v) is 9.40. The van der Waals surface area contributed by atoms with Crippen LogP contribution in [0.2, 0.25) is 0 Å². The molecule has 29 heavy (non-hydrogen) atoms. The van der Waals surface area contributed by atoms with Crippen molar-refractivity contribution in [2.45, 2.75) is 37.3 Å². The second-order valence-electron chi connectivity index (χ2n) is 7.42. The van der Waals surface area contributed by atoms with E-state index >= 15 is 0 Å². The Labute approximate surface area is 174 Å². The molecule has 8 heteroatoms. The average molecular weight is 413 g/mol. The van der Waals surface area contributed by atoms with E-state index in [-0.39, 0.29) is 18.3 Å². The van der Waals surface area contributed by atoms with Crippen molar-refractivity contribution < 1.29 is 14.1 Å². The molecule has 1 fully saturated rings. The Morgan fingerprint density at radius 2 is 2.00 bits per heavy atom. The summed E-state index contributed by atoms with van der Waals surface area (Å²) in [6.07, 6.45) is 2.84. The van der Waals surface area contributed by atoms with Crippen molar-refractivity contribution in [2.75, 3.05) is 5.32 Å². The third-order valence-electron chi connectivity index (χ3n) is 5.43. The molecule has 3 N–H and O–H groups in total. The van der Waals surface area contributed by atoms with Gasteiger partial charge in [0.2, 0.25) is 0 Å². The van der Waals surface area contributed by atoms with E-state index in [9.17, 15) is 4.79 Å². The lowest BCUT2D eigenvalue weighted by Gasteiger charge is -2.34. The number of anilines is 1. The molecule has 0 bridgehead atoms. The molecule has 1 unspecified atom stereocenters. The highest BCUT2D eigenvalue weighted by atomic mass is 35.5. The van der Waals surface area contributed by atoms with E-state index in [1.54, 1.807) is 6.07 Å². The van der Waals surface area contributed by atoms with Gasteiger partial charge in [-0.2, -0.15) is 4.98 Å². The number of hydrogen-bond donors (Lipinski definition) is 2. The lowest BCUT2D eigenvalue weighted by molar-refractivity contribution is -0.122. The summed E-state index contributed by atoms with van der Waals surface area (Å²) < 4.78 is 11.1. The lowest BCUT2D eigenvalue weighted by Crippen LogP contribution is -2.44. The van der Waals surface area contributed by atoms with Gasteiger partial charge < -0.3 is 20.3 Å². The number of rotatable bonds is 4. The van der Waals surface area contributed by atoms with E-state index in [2.05, 4.69) is 15.5 Å². The van der Waals surface area contributed by atoms with Crippen LogP contribution < -0.4 is 15.8 Å². The number of carbonyl (C=O) groups is 1. The molecule has 1 atom stereocenters. The monoisotopic (exact) mass is 412 g/mol. The Morgan fingerprint density at radius 1 is 1.17 bits per heavy atom. The van der Waals surface area contributed by atoms with Gasteiger partial charge in [0.1, 0.15) is 5.75 Å². The molecule has 2 heterocycles. The van der Waals surface area contributed by atoms with Crippen LogP contribution in [0.15, 0.2) is 53.1 Å². The zero-order chi connectivity index (χ0) is 19.1. The number of halogens is 1. The molecule has 0 saturated heterocycles. The maximum Gasteiger partial charge on any atom is 0.265 e. The number of aromatic nitrogens is 2. The number of ether oxygens (including phenoxy) is 1. The molecule has 2 aromatic carbocycles. The Balaban J connectivity index is 0.00000205. The Morgan fingerprint density at radius 3 is 2.76 bits per heavy atom. The summed E-state index contributed by atoms with van der Waals surface area (Å²) in [7, 11) is 0. The van der Waals surface area contributed by atoms with Gasteiger partial charge in [-0.15, -0.1) is 12.4 Å². The number of nitrogens with zero attached hydrogens (tertiary/aromatic N) is 2. The first-order valence-electron chi connectivity index (χ1n) is 9.40. The minimum atomic E-state index is -0.535. The molecule has 0 spiro atoms. The predicted molar refractivity (Wildman–Crippen MR) is 110 cm³/mol. The molecule has 7 nitrogen and oxygen atoms in total. The number of para-hydroxylation sites is 1. The van der Waals surface area contributed by atoms with E-state index in [0.717, 1.165) is 36.1 Å². The maximum absolute atomic E-state index is 12.6. The Kier molecular flexibility index (Phi) is 5.02. The van der Waals surface area contributed by atoms with Gasteiger partial charge in [-0.05, 0) is 49.1 Å². The molecule has 3 aromatic rings. The molecule has 1 aromatic heterocycles. The molecular formula is C21H21ClN4O3. The van der Waals surface area contributed by atoms with Crippen molar-refractivity contribution >= 4 is 24.0 Å². The van der Waals surface area contributed by atoms with Crippen molar-refractivity contribution in [3.8, 4) is 17.2 Å². The largest absolute Gasteiger partial charge is 0.480 e. The highest BCUT2D eigenvalue weighted by molar-refractivity contribution is 5.95. The minimum Gasteiger partial charge on any atom is -0.480 e. The van der Waals surface area contributed by atoms with Gasteiger partial charge in [-0.25, -0.2) is 0 Å². The number of nitrogens with one attached hydrogen (secondary N) is 1. The fraction of sp³-hybridized carbons (Fsp3) is 0.286. The summed E-state index contributed by atoms with van der Waals surface area (Å²) in [4.78, 5) is 17.1. The van der Waals surface area contributed by atoms with Gasteiger partial charge in [0.25, 0.3) is 11.8 Å². The van der Waals surface area contributed by atoms with Crippen molar-refractivity contribution in [1.29, 1.82) is 0 Å². The summed E-state index contributed by atoms with van der Waals surface area (Å²) in [6.45, 7) is 0. The fourth-order valence-electron chi connectivity index (χ4n) is 3.61. The molecule has 5 rings (SSSR count). The van der Waals surface area contributed by atoms with Crippen LogP contribution in [0.4, 0.5) is 5.69 Å². The van der Waals surface area contributed by atoms with Gasteiger partial charge in [-0.1, -0.05) is 29.4 Å². The highest BCUT2D eigenvalue weighted by Gasteiger charge is 2.39. The Hall–Kier alpha value is -2.90. The van der Waals surface area contributed by atoms with Gasteiger partial charge in [0.15, 0.2) is 11.9 Å². The van der Waals surface area contributed by atoms with Gasteiger partial charge >= 0.3 is 0 Å². The fourth-order valence-corrected chi connectivity index (χ4v) is 3.61. The van der Waals surface area contributed by atoms with E-state index in [1.807, 2.05) is 42.5 Å². The van der Waals surface area contributed by atoms with E-state index < -0.39 is 11.6 Å². The van der Waals surface area contributed by atoms with Crippen LogP contribution in [0, 0.1) is 0 Å². The maximum atomic E-state index is 12.6. The average Bonchev–Trinajstić information content (AvgIpc) is 3.34. The Bertz CT molecular complexity index is 1020. The van der Waals surface area contributed by atoms with Crippen molar-refractivity contribution in [3.63, 3.8) is 0 Å². The third kappa shape index (κ3) is 3.59. The molecule has 1 aliphatic carbocycles. The summed E-state index contributed by atoms with van der Waals surface area (Å²) >= 11 is 0. The van der Waals surface area contributed by atoms with Crippen LogP contribution >= 0.6 is 12.4 Å². The predicted octanol–water partition coefficient (Wildman–Crippen LogP) is 3.44. The second-order valence-corrected chi connectivity index (χ2v) is 7.42. The van der Waals surface area contributed by atoms with E-state index in [4.69, 9.17) is 15.0 Å². The number of nitrogens with two attached hydrogens (primary N) is 1. The van der Waals surface area contributed by atoms with Crippen molar-refractivity contribution in [2.24, 2.45) is 5.73 Å². The zero-order valence-electron chi connectivity index (χ0n) is 15.6. The lowest BCUT2D eigenvalue weighted by atomic mass is 9.77. The first-order chi connectivity index (χ1) is 13.6. The first kappa shape index (κ1) is 19.4. The van der Waals surface area contributed by atoms with Crippen molar-refractivity contribution in [1.82, 2.24) is 10.1 Å². The normalized spacial score (nSPS) is 18.7. The van der Waals surface area contributed by atoms with E-state index in [1.165, 1.54) is 0 Å². The zero-order valence-corrected chi connectivity index (χ0v) is 16.4. The third-order valence-corrected chi connectivity index (χ3v) is 5.43. The van der Waals surface area contributed by atoms with Crippen LogP contribution in [-0.2, 0) is 16.8 Å². The molecule has 2 aliphatic rings. The van der Waals surface area contributed by atoms with Crippen molar-refractivity contribution in [3.05, 3.63) is 59.9 Å². The van der Waals surface area contributed by atoms with Crippen LogP contribution in [0.3, 0.4) is 0 Å². The minimum absolute atomic E-state index is 0. The van der Waals surface area contributed by atoms with Crippen LogP contribution in [0.5, 0.6) is 5.75 Å². The topological polar surface area (TPSA) is 103 Å². The summed E-state index contributed by atoms with van der Waals surface area (Å²) in [5.74, 6) is 1.52. The quantitative estimate of drug-likeness (QED) is 0.680. The smallest absolute Gasteiger partial charge is 0.265 e. The molecule has 0 radical (unpaired) electrons. The number of hydrogen-bond acceptors (Lipinski definition) is 6. The highest BCUT2D eigenvalue weighted by Crippen LogP contribution is 2.37. The van der Waals surface area contributed by atoms with Gasteiger partial charge in [-0.3, -0.25) is 4.79 Å². The number of benzene rings is 2. The number of carbonyl (C=O) groups excluding carboxylic acids is 1. The molecule has 1 amide bonds. The van der Waals surface area contributed by atoms with E-state index in [0.29, 0.717) is 23.8 Å². The second kappa shape index (κ2) is 7.50. The summed E-state index contributed by atoms with van der Waals surface area (Å²) in [6, 6.07) is 15.0. The van der Waals surface area contributed by atoms with Gasteiger partial charge in [0, 0.05) is 17.7 Å². The number of amides is 1. The van der Waals surface area contributed by atoms with Crippen LogP contribution in [0.1, 0.15) is 30.7 Å². The molecular weight excluding hydrogens is 392 g/mol. The SMILES string of the molecule is Cl.NC1(c2noc(-c3cccc(NC(=O)C4Cc5ccccc5O4)c3)n2)CCC1. The van der Waals surface area contributed by atoms with Gasteiger partial charge in [0.05, 0.1) is 5.54 Å². The number of fused-ring (bicyclic) bond motifs is 1. The summed E-state index contributed by atoms with van der Waals surface area (Å²) in [5.41, 5.74) is 8.21.